The fourth-order valence-electron chi connectivity index (χ4n) is 3.88. The average molecular weight is 384 g/mol. The van der Waals surface area contributed by atoms with Gasteiger partial charge in [0.25, 0.3) is 10.2 Å². The first-order valence-corrected chi connectivity index (χ1v) is 10.4. The average Bonchev–Trinajstić information content (AvgIpc) is 3.10. The van der Waals surface area contributed by atoms with Crippen LogP contribution in [0.25, 0.3) is 0 Å². The number of benzene rings is 1. The molecule has 7 nitrogen and oxygen atoms in total. The first-order valence-electron chi connectivity index (χ1n) is 9.01. The molecule has 0 spiro atoms. The summed E-state index contributed by atoms with van der Waals surface area (Å²) in [7, 11) is -0.373. The van der Waals surface area contributed by atoms with Gasteiger partial charge in [-0.2, -0.15) is 17.0 Å². The molecule has 2 saturated heterocycles. The molecule has 0 saturated carbocycles. The maximum Gasteiger partial charge on any atom is 0.282 e. The second kappa shape index (κ2) is 7.72. The number of morpholine rings is 1. The van der Waals surface area contributed by atoms with E-state index in [0.717, 1.165) is 18.4 Å². The van der Waals surface area contributed by atoms with Gasteiger partial charge in [-0.05, 0) is 44.4 Å². The van der Waals surface area contributed by atoms with Crippen LogP contribution in [-0.4, -0.2) is 63.1 Å². The number of hydrogen-bond donors (Lipinski definition) is 0. The van der Waals surface area contributed by atoms with Crippen LogP contribution in [0.2, 0.25) is 0 Å². The molecule has 0 radical (unpaired) electrons. The second-order valence-electron chi connectivity index (χ2n) is 6.97. The van der Waals surface area contributed by atoms with Gasteiger partial charge in [-0.3, -0.25) is 0 Å². The van der Waals surface area contributed by atoms with Crippen LogP contribution in [0.4, 0.5) is 0 Å². The zero-order chi connectivity index (χ0) is 18.9. The number of ether oxygens (including phenoxy) is 3. The lowest BCUT2D eigenvalue weighted by atomic mass is 10.0. The topological polar surface area (TPSA) is 68.3 Å². The molecule has 0 amide bonds. The molecule has 3 atom stereocenters. The molecule has 0 aromatic heterocycles. The lowest BCUT2D eigenvalue weighted by Crippen LogP contribution is -2.52. The van der Waals surface area contributed by atoms with Gasteiger partial charge >= 0.3 is 0 Å². The summed E-state index contributed by atoms with van der Waals surface area (Å²) in [6.07, 6.45) is 1.43. The normalized spacial score (nSPS) is 28.2. The third-order valence-corrected chi connectivity index (χ3v) is 6.99. The second-order valence-corrected chi connectivity index (χ2v) is 8.85. The molecule has 2 aliphatic rings. The molecule has 0 N–H and O–H groups in total. The number of hydrogen-bond acceptors (Lipinski definition) is 5. The minimum Gasteiger partial charge on any atom is -0.493 e. The third-order valence-electron chi connectivity index (χ3n) is 5.00. The Hall–Kier alpha value is -1.35. The van der Waals surface area contributed by atoms with Gasteiger partial charge in [0.2, 0.25) is 0 Å². The summed E-state index contributed by atoms with van der Waals surface area (Å²) >= 11 is 0. The van der Waals surface area contributed by atoms with E-state index in [2.05, 4.69) is 0 Å². The van der Waals surface area contributed by atoms with E-state index in [4.69, 9.17) is 14.2 Å². The fraction of sp³-hybridized carbons (Fsp3) is 0.667. The molecule has 146 valence electrons. The zero-order valence-corrected chi connectivity index (χ0v) is 16.7. The summed E-state index contributed by atoms with van der Waals surface area (Å²) in [4.78, 5) is 0. The minimum atomic E-state index is -3.55. The van der Waals surface area contributed by atoms with Crippen molar-refractivity contribution in [2.45, 2.75) is 44.9 Å². The van der Waals surface area contributed by atoms with Crippen LogP contribution in [-0.2, 0) is 14.9 Å². The first kappa shape index (κ1) is 19.4. The Labute approximate surface area is 156 Å². The van der Waals surface area contributed by atoms with E-state index in [9.17, 15) is 8.42 Å². The molecular weight excluding hydrogens is 356 g/mol. The summed E-state index contributed by atoms with van der Waals surface area (Å²) in [5, 5.41) is 0. The SMILES string of the molecule is COc1ccc([C@H]2CCCN2S(=O)(=O)N2C[C@@H](C)O[C@@H](C)C2)cc1OC. The highest BCUT2D eigenvalue weighted by Crippen LogP contribution is 2.39. The number of nitrogens with zero attached hydrogens (tertiary/aromatic N) is 2. The smallest absolute Gasteiger partial charge is 0.282 e. The van der Waals surface area contributed by atoms with Crippen molar-refractivity contribution in [2.75, 3.05) is 33.9 Å². The van der Waals surface area contributed by atoms with E-state index in [1.54, 1.807) is 22.8 Å². The van der Waals surface area contributed by atoms with Crippen molar-refractivity contribution in [3.63, 3.8) is 0 Å². The van der Waals surface area contributed by atoms with Crippen LogP contribution in [0, 0.1) is 0 Å². The van der Waals surface area contributed by atoms with Crippen LogP contribution < -0.4 is 9.47 Å². The van der Waals surface area contributed by atoms with Crippen LogP contribution >= 0.6 is 0 Å². The molecule has 0 unspecified atom stereocenters. The maximum absolute atomic E-state index is 13.3. The van der Waals surface area contributed by atoms with E-state index < -0.39 is 10.2 Å². The van der Waals surface area contributed by atoms with Gasteiger partial charge in [0, 0.05) is 19.6 Å². The van der Waals surface area contributed by atoms with E-state index in [0.29, 0.717) is 31.1 Å². The van der Waals surface area contributed by atoms with Crippen LogP contribution in [0.15, 0.2) is 18.2 Å². The van der Waals surface area contributed by atoms with Gasteiger partial charge in [0.15, 0.2) is 11.5 Å². The number of methoxy groups -OCH3 is 2. The van der Waals surface area contributed by atoms with Gasteiger partial charge in [0.1, 0.15) is 0 Å². The highest BCUT2D eigenvalue weighted by Gasteiger charge is 2.41. The van der Waals surface area contributed by atoms with Crippen molar-refractivity contribution in [2.24, 2.45) is 0 Å². The molecular formula is C18H28N2O5S. The summed E-state index contributed by atoms with van der Waals surface area (Å²) in [6.45, 7) is 5.13. The van der Waals surface area contributed by atoms with Gasteiger partial charge in [0.05, 0.1) is 32.5 Å². The standard InChI is InChI=1S/C18H28N2O5S/c1-13-11-19(12-14(2)25-13)26(21,22)20-9-5-6-16(20)15-7-8-17(23-3)18(10-15)24-4/h7-8,10,13-14,16H,5-6,9,11-12H2,1-4H3/t13-,14+,16-/m1/s1. The van der Waals surface area contributed by atoms with Crippen LogP contribution in [0.3, 0.4) is 0 Å². The molecule has 2 fully saturated rings. The zero-order valence-electron chi connectivity index (χ0n) is 15.8. The van der Waals surface area contributed by atoms with Crippen LogP contribution in [0.1, 0.15) is 38.3 Å². The van der Waals surface area contributed by atoms with Gasteiger partial charge < -0.3 is 14.2 Å². The molecule has 0 bridgehead atoms. The Morgan fingerprint density at radius 3 is 2.35 bits per heavy atom. The van der Waals surface area contributed by atoms with Crippen molar-refractivity contribution in [1.82, 2.24) is 8.61 Å². The Bertz CT molecular complexity index is 729. The summed E-state index contributed by atoms with van der Waals surface area (Å²) in [5.74, 6) is 1.25. The third kappa shape index (κ3) is 3.69. The van der Waals surface area contributed by atoms with Crippen molar-refractivity contribution in [1.29, 1.82) is 0 Å². The minimum absolute atomic E-state index is 0.101. The molecule has 1 aromatic carbocycles. The molecule has 0 aliphatic carbocycles. The van der Waals surface area contributed by atoms with Crippen molar-refractivity contribution < 1.29 is 22.6 Å². The molecule has 3 rings (SSSR count). The summed E-state index contributed by atoms with van der Waals surface area (Å²) in [5.41, 5.74) is 0.929. The lowest BCUT2D eigenvalue weighted by molar-refractivity contribution is -0.0455. The highest BCUT2D eigenvalue weighted by molar-refractivity contribution is 7.86. The van der Waals surface area contributed by atoms with Crippen molar-refractivity contribution in [3.05, 3.63) is 23.8 Å². The molecule has 8 heteroatoms. The molecule has 1 aromatic rings. The van der Waals surface area contributed by atoms with E-state index >= 15 is 0 Å². The Kier molecular flexibility index (Phi) is 5.76. The van der Waals surface area contributed by atoms with E-state index in [-0.39, 0.29) is 18.2 Å². The molecule has 2 heterocycles. The Morgan fingerprint density at radius 1 is 1.08 bits per heavy atom. The predicted octanol–water partition coefficient (Wildman–Crippen LogP) is 2.19. The molecule has 2 aliphatic heterocycles. The maximum atomic E-state index is 13.3. The van der Waals surface area contributed by atoms with E-state index in [1.807, 2.05) is 32.0 Å². The Balaban J connectivity index is 1.88. The number of rotatable bonds is 5. The monoisotopic (exact) mass is 384 g/mol. The fourth-order valence-corrected chi connectivity index (χ4v) is 5.88. The van der Waals surface area contributed by atoms with E-state index in [1.165, 1.54) is 0 Å². The van der Waals surface area contributed by atoms with Crippen molar-refractivity contribution in [3.8, 4) is 11.5 Å². The lowest BCUT2D eigenvalue weighted by Gasteiger charge is -2.38. The highest BCUT2D eigenvalue weighted by atomic mass is 32.2. The van der Waals surface area contributed by atoms with Gasteiger partial charge in [-0.1, -0.05) is 6.07 Å². The molecule has 26 heavy (non-hydrogen) atoms. The van der Waals surface area contributed by atoms with Crippen molar-refractivity contribution >= 4 is 10.2 Å². The first-order chi connectivity index (χ1) is 12.4. The van der Waals surface area contributed by atoms with Gasteiger partial charge in [-0.15, -0.1) is 0 Å². The van der Waals surface area contributed by atoms with Gasteiger partial charge in [-0.25, -0.2) is 0 Å². The Morgan fingerprint density at radius 2 is 1.73 bits per heavy atom. The predicted molar refractivity (Wildman–Crippen MR) is 98.7 cm³/mol. The summed E-state index contributed by atoms with van der Waals surface area (Å²) in [6, 6.07) is 5.44. The van der Waals surface area contributed by atoms with Crippen LogP contribution in [0.5, 0.6) is 11.5 Å². The summed E-state index contributed by atoms with van der Waals surface area (Å²) < 4.78 is 46.1. The largest absolute Gasteiger partial charge is 0.493 e. The quantitative estimate of drug-likeness (QED) is 0.778.